The molecule has 4 aliphatic rings. The fourth-order valence-corrected chi connectivity index (χ4v) is 9.65. The van der Waals surface area contributed by atoms with Gasteiger partial charge in [0.25, 0.3) is 0 Å². The number of benzene rings is 4. The minimum atomic E-state index is 1.23. The van der Waals surface area contributed by atoms with Crippen molar-refractivity contribution in [3.63, 3.8) is 0 Å². The van der Waals surface area contributed by atoms with E-state index in [2.05, 4.69) is 194 Å². The Kier molecular flexibility index (Phi) is 7.64. The summed E-state index contributed by atoms with van der Waals surface area (Å²) in [6.45, 7) is 0. The van der Waals surface area contributed by atoms with E-state index in [-0.39, 0.29) is 0 Å². The van der Waals surface area contributed by atoms with Gasteiger partial charge in [-0.15, -0.1) is 22.7 Å². The average Bonchev–Trinajstić information content (AvgIpc) is 3.93. The zero-order valence-electron chi connectivity index (χ0n) is 28.3. The van der Waals surface area contributed by atoms with Crippen LogP contribution in [0.4, 0.5) is 0 Å². The van der Waals surface area contributed by atoms with Gasteiger partial charge in [0, 0.05) is 19.2 Å². The number of hydrogen-bond acceptors (Lipinski definition) is 2. The minimum Gasteiger partial charge on any atom is -0.134 e. The van der Waals surface area contributed by atoms with E-state index in [0.29, 0.717) is 0 Å². The largest absolute Gasteiger partial charge is 0.134 e. The first kappa shape index (κ1) is 30.7. The van der Waals surface area contributed by atoms with Gasteiger partial charge < -0.3 is 0 Å². The van der Waals surface area contributed by atoms with E-state index in [1.807, 2.05) is 22.7 Å². The van der Waals surface area contributed by atoms with Crippen LogP contribution in [0.15, 0.2) is 194 Å². The van der Waals surface area contributed by atoms with Crippen LogP contribution in [0.1, 0.15) is 0 Å². The number of hydrogen-bond donors (Lipinski definition) is 0. The van der Waals surface area contributed by atoms with Gasteiger partial charge >= 0.3 is 0 Å². The third-order valence-corrected chi connectivity index (χ3v) is 12.5. The summed E-state index contributed by atoms with van der Waals surface area (Å²) in [4.78, 5) is 2.63. The van der Waals surface area contributed by atoms with Crippen LogP contribution in [-0.2, 0) is 0 Å². The molecule has 0 aliphatic heterocycles. The summed E-state index contributed by atoms with van der Waals surface area (Å²) in [5.74, 6) is 0. The molecule has 10 rings (SSSR count). The van der Waals surface area contributed by atoms with Gasteiger partial charge in [0.05, 0.1) is 0 Å². The normalized spacial score (nSPS) is 11.5. The number of thiophene rings is 2. The molecule has 244 valence electrons. The minimum absolute atomic E-state index is 1.23. The molecule has 0 amide bonds. The van der Waals surface area contributed by atoms with Crippen LogP contribution in [0.5, 0.6) is 0 Å². The second kappa shape index (κ2) is 12.9. The molecule has 0 bridgehead atoms. The van der Waals surface area contributed by atoms with Crippen LogP contribution in [0.3, 0.4) is 0 Å². The Morgan fingerprint density at radius 2 is 0.442 bits per heavy atom. The number of fused-ring (bicyclic) bond motifs is 3. The molecule has 2 heteroatoms. The van der Waals surface area contributed by atoms with Gasteiger partial charge in [-0.1, -0.05) is 158 Å². The van der Waals surface area contributed by atoms with Gasteiger partial charge in [0.15, 0.2) is 0 Å². The highest BCUT2D eigenvalue weighted by molar-refractivity contribution is 7.31. The average molecular weight is 697 g/mol. The molecule has 0 nitrogen and oxygen atoms in total. The van der Waals surface area contributed by atoms with Crippen LogP contribution >= 0.6 is 22.7 Å². The van der Waals surface area contributed by atoms with Crippen molar-refractivity contribution in [1.82, 2.24) is 0 Å². The first-order chi connectivity index (χ1) is 25.7. The third-order valence-electron chi connectivity index (χ3n) is 10.1. The zero-order chi connectivity index (χ0) is 34.4. The van der Waals surface area contributed by atoms with Crippen molar-refractivity contribution in [1.29, 1.82) is 0 Å². The van der Waals surface area contributed by atoms with Crippen LogP contribution in [0, 0.1) is 0 Å². The van der Waals surface area contributed by atoms with Crippen LogP contribution in [0.25, 0.3) is 97.0 Å². The molecule has 0 N–H and O–H groups in total. The fourth-order valence-electron chi connectivity index (χ4n) is 7.25. The van der Waals surface area contributed by atoms with Gasteiger partial charge in [-0.25, -0.2) is 0 Å². The van der Waals surface area contributed by atoms with Crippen molar-refractivity contribution in [2.75, 3.05) is 0 Å². The molecule has 4 aliphatic carbocycles. The molecule has 0 atom stereocenters. The monoisotopic (exact) mass is 696 g/mol. The highest BCUT2D eigenvalue weighted by Gasteiger charge is 2.12. The van der Waals surface area contributed by atoms with Crippen molar-refractivity contribution >= 4 is 32.1 Å². The molecule has 0 unspecified atom stereocenters. The van der Waals surface area contributed by atoms with E-state index in [0.717, 1.165) is 0 Å². The van der Waals surface area contributed by atoms with E-state index < -0.39 is 0 Å². The summed E-state index contributed by atoms with van der Waals surface area (Å²) in [5, 5.41) is 0. The number of rotatable bonds is 6. The Bertz CT molecular complexity index is 2460. The van der Waals surface area contributed by atoms with Crippen molar-refractivity contribution in [3.8, 4) is 87.6 Å². The summed E-state index contributed by atoms with van der Waals surface area (Å²) in [6.07, 6.45) is 0. The SMILES string of the molecule is c1ccc2cc(-c3ccc(-c4ccc(-c5cc6sc(-c7ccc(-c8ccc(-c9cc%10cccccc-%10c9)cc8)cc7)cc6s5)cc4)cc3)cc-2cc1. The second-order valence-electron chi connectivity index (χ2n) is 13.4. The molecule has 0 saturated carbocycles. The highest BCUT2D eigenvalue weighted by Crippen LogP contribution is 2.43. The Morgan fingerprint density at radius 3 is 0.731 bits per heavy atom. The highest BCUT2D eigenvalue weighted by atomic mass is 32.1. The lowest BCUT2D eigenvalue weighted by Crippen LogP contribution is -1.80. The standard InChI is InChI=1S/C50H32S2/c1-3-7-41-27-45(28-42(41)8-4-1)37-15-11-33(12-16-37)35-19-23-39(24-20-35)47-31-49-50(51-47)32-48(52-49)40-25-21-36(22-26-40)34-13-17-38(18-14-34)46-29-43-9-5-2-6-10-44(43)30-46/h1-32H. The van der Waals surface area contributed by atoms with E-state index >= 15 is 0 Å². The lowest BCUT2D eigenvalue weighted by Gasteiger charge is -2.06. The maximum Gasteiger partial charge on any atom is 0.0463 e. The molecular weight excluding hydrogens is 665 g/mol. The predicted octanol–water partition coefficient (Wildman–Crippen LogP) is 15.2. The Labute approximate surface area is 312 Å². The molecule has 0 spiro atoms. The van der Waals surface area contributed by atoms with Gasteiger partial charge in [-0.05, 0) is 114 Å². The first-order valence-corrected chi connectivity index (χ1v) is 19.3. The molecule has 0 fully saturated rings. The van der Waals surface area contributed by atoms with Crippen molar-refractivity contribution in [2.45, 2.75) is 0 Å². The van der Waals surface area contributed by atoms with Gasteiger partial charge in [-0.3, -0.25) is 0 Å². The Balaban J connectivity index is 0.825. The Morgan fingerprint density at radius 1 is 0.192 bits per heavy atom. The molecule has 2 heterocycles. The Hall–Kier alpha value is -6.06. The summed E-state index contributed by atoms with van der Waals surface area (Å²) in [6, 6.07) is 71.0. The first-order valence-electron chi connectivity index (χ1n) is 17.6. The third kappa shape index (κ3) is 5.82. The lowest BCUT2D eigenvalue weighted by molar-refractivity contribution is 1.61. The molecule has 0 radical (unpaired) electrons. The summed E-state index contributed by atoms with van der Waals surface area (Å²) >= 11 is 3.76. The molecule has 4 aromatic carbocycles. The molecule has 0 saturated heterocycles. The van der Waals surface area contributed by atoms with Crippen LogP contribution < -0.4 is 0 Å². The predicted molar refractivity (Wildman–Crippen MR) is 226 cm³/mol. The van der Waals surface area contributed by atoms with E-state index in [1.165, 1.54) is 97.0 Å². The van der Waals surface area contributed by atoms with E-state index in [1.54, 1.807) is 0 Å². The van der Waals surface area contributed by atoms with Gasteiger partial charge in [0.2, 0.25) is 0 Å². The van der Waals surface area contributed by atoms with Crippen molar-refractivity contribution in [3.05, 3.63) is 194 Å². The second-order valence-corrected chi connectivity index (χ2v) is 15.6. The summed E-state index contributed by atoms with van der Waals surface area (Å²) in [7, 11) is 0. The fraction of sp³-hybridized carbons (Fsp3) is 0. The maximum absolute atomic E-state index is 2.35. The maximum atomic E-state index is 2.35. The molecule has 6 aromatic rings. The summed E-state index contributed by atoms with van der Waals surface area (Å²) < 4.78 is 2.69. The smallest absolute Gasteiger partial charge is 0.0463 e. The van der Waals surface area contributed by atoms with E-state index in [4.69, 9.17) is 0 Å². The van der Waals surface area contributed by atoms with Crippen LogP contribution in [0.2, 0.25) is 0 Å². The van der Waals surface area contributed by atoms with Gasteiger partial charge in [-0.2, -0.15) is 0 Å². The van der Waals surface area contributed by atoms with Gasteiger partial charge in [0.1, 0.15) is 0 Å². The summed E-state index contributed by atoms with van der Waals surface area (Å²) in [5.41, 5.74) is 17.6. The van der Waals surface area contributed by atoms with E-state index in [9.17, 15) is 0 Å². The quantitative estimate of drug-likeness (QED) is 0.162. The zero-order valence-corrected chi connectivity index (χ0v) is 29.9. The molecule has 2 aromatic heterocycles. The van der Waals surface area contributed by atoms with Crippen molar-refractivity contribution < 1.29 is 0 Å². The molecular formula is C50H32S2. The van der Waals surface area contributed by atoms with Crippen LogP contribution in [-0.4, -0.2) is 0 Å². The lowest BCUT2D eigenvalue weighted by atomic mass is 10.0. The topological polar surface area (TPSA) is 0 Å². The van der Waals surface area contributed by atoms with Crippen molar-refractivity contribution in [2.24, 2.45) is 0 Å². The molecule has 52 heavy (non-hydrogen) atoms.